The van der Waals surface area contributed by atoms with E-state index in [1.165, 1.54) is 6.08 Å². The van der Waals surface area contributed by atoms with E-state index >= 15 is 0 Å². The van der Waals surface area contributed by atoms with Gasteiger partial charge in [-0.15, -0.1) is 0 Å². The molecular formula is C14H16N4O. The predicted octanol–water partition coefficient (Wildman–Crippen LogP) is 1.48. The van der Waals surface area contributed by atoms with E-state index in [2.05, 4.69) is 10.5 Å². The highest BCUT2D eigenvalue weighted by molar-refractivity contribution is 5.91. The summed E-state index contributed by atoms with van der Waals surface area (Å²) in [5.74, 6) is -0.169. The maximum atomic E-state index is 11.4. The first-order chi connectivity index (χ1) is 9.15. The minimum atomic E-state index is -0.169. The minimum Gasteiger partial charge on any atom is -0.286 e. The third kappa shape index (κ3) is 3.79. The molecule has 1 N–H and O–H groups in total. The summed E-state index contributed by atoms with van der Waals surface area (Å²) in [6.45, 7) is 0. The Bertz CT molecular complexity index is 572. The van der Waals surface area contributed by atoms with Crippen molar-refractivity contribution in [1.29, 1.82) is 0 Å². The Morgan fingerprint density at radius 1 is 1.32 bits per heavy atom. The van der Waals surface area contributed by atoms with Crippen LogP contribution in [0.2, 0.25) is 0 Å². The lowest BCUT2D eigenvalue weighted by molar-refractivity contribution is -0.119. The number of para-hydroxylation sites is 1. The standard InChI is InChI=1S/C14H16N4O/c1-17(2)16-14(19)9-8-12-10-15-18(11-12)13-6-4-3-5-7-13/h3-11H,1-2H3,(H,16,19)/b9-8+. The van der Waals surface area contributed by atoms with Crippen molar-refractivity contribution in [3.05, 3.63) is 54.4 Å². The number of benzene rings is 1. The van der Waals surface area contributed by atoms with E-state index in [-0.39, 0.29) is 5.91 Å². The van der Waals surface area contributed by atoms with Crippen LogP contribution >= 0.6 is 0 Å². The number of nitrogens with one attached hydrogen (secondary N) is 1. The van der Waals surface area contributed by atoms with Gasteiger partial charge in [-0.05, 0) is 18.2 Å². The topological polar surface area (TPSA) is 50.2 Å². The van der Waals surface area contributed by atoms with E-state index in [4.69, 9.17) is 0 Å². The molecule has 0 radical (unpaired) electrons. The molecule has 0 atom stereocenters. The van der Waals surface area contributed by atoms with Gasteiger partial charge in [-0.1, -0.05) is 18.2 Å². The molecule has 1 aromatic heterocycles. The normalized spacial score (nSPS) is 11.1. The number of hydrogen-bond donors (Lipinski definition) is 1. The monoisotopic (exact) mass is 256 g/mol. The fraction of sp³-hybridized carbons (Fsp3) is 0.143. The summed E-state index contributed by atoms with van der Waals surface area (Å²) in [6, 6.07) is 9.81. The average molecular weight is 256 g/mol. The van der Waals surface area contributed by atoms with Crippen molar-refractivity contribution < 1.29 is 4.79 Å². The summed E-state index contributed by atoms with van der Waals surface area (Å²) in [5.41, 5.74) is 4.49. The molecule has 0 aliphatic rings. The van der Waals surface area contributed by atoms with Crippen LogP contribution in [0.1, 0.15) is 5.56 Å². The lowest BCUT2D eigenvalue weighted by Gasteiger charge is -2.08. The van der Waals surface area contributed by atoms with Crippen LogP contribution in [0.3, 0.4) is 0 Å². The molecule has 1 heterocycles. The van der Waals surface area contributed by atoms with Gasteiger partial charge in [0, 0.05) is 31.9 Å². The molecule has 0 saturated heterocycles. The minimum absolute atomic E-state index is 0.169. The van der Waals surface area contributed by atoms with E-state index in [1.807, 2.05) is 36.5 Å². The summed E-state index contributed by atoms with van der Waals surface area (Å²) in [6.07, 6.45) is 6.79. The molecule has 19 heavy (non-hydrogen) atoms. The Balaban J connectivity index is 2.06. The van der Waals surface area contributed by atoms with E-state index < -0.39 is 0 Å². The van der Waals surface area contributed by atoms with Crippen molar-refractivity contribution in [2.75, 3.05) is 14.1 Å². The third-order valence-corrected chi connectivity index (χ3v) is 2.38. The highest BCUT2D eigenvalue weighted by Crippen LogP contribution is 2.08. The molecule has 0 unspecified atom stereocenters. The van der Waals surface area contributed by atoms with Gasteiger partial charge in [-0.25, -0.2) is 9.69 Å². The van der Waals surface area contributed by atoms with Crippen molar-refractivity contribution in [2.24, 2.45) is 0 Å². The molecule has 5 nitrogen and oxygen atoms in total. The second kappa shape index (κ2) is 5.97. The van der Waals surface area contributed by atoms with Gasteiger partial charge in [0.2, 0.25) is 0 Å². The molecule has 0 bridgehead atoms. The van der Waals surface area contributed by atoms with E-state index in [1.54, 1.807) is 36.1 Å². The second-order valence-electron chi connectivity index (χ2n) is 4.26. The van der Waals surface area contributed by atoms with E-state index in [0.717, 1.165) is 11.3 Å². The van der Waals surface area contributed by atoms with Gasteiger partial charge in [0.05, 0.1) is 11.9 Å². The van der Waals surface area contributed by atoms with Gasteiger partial charge in [0.25, 0.3) is 5.91 Å². The van der Waals surface area contributed by atoms with Crippen LogP contribution < -0.4 is 5.43 Å². The summed E-state index contributed by atoms with van der Waals surface area (Å²) >= 11 is 0. The van der Waals surface area contributed by atoms with Gasteiger partial charge < -0.3 is 0 Å². The molecule has 98 valence electrons. The van der Waals surface area contributed by atoms with Gasteiger partial charge in [-0.3, -0.25) is 10.2 Å². The number of aromatic nitrogens is 2. The molecule has 0 fully saturated rings. The maximum absolute atomic E-state index is 11.4. The van der Waals surface area contributed by atoms with Crippen molar-refractivity contribution in [2.45, 2.75) is 0 Å². The zero-order valence-corrected chi connectivity index (χ0v) is 10.9. The first kappa shape index (κ1) is 13.0. The van der Waals surface area contributed by atoms with Crippen LogP contribution in [0.5, 0.6) is 0 Å². The van der Waals surface area contributed by atoms with Crippen LogP contribution in [0.4, 0.5) is 0 Å². The lowest BCUT2D eigenvalue weighted by Crippen LogP contribution is -2.34. The average Bonchev–Trinajstić information content (AvgIpc) is 2.85. The van der Waals surface area contributed by atoms with Crippen LogP contribution in [-0.2, 0) is 4.79 Å². The Hall–Kier alpha value is -2.40. The summed E-state index contributed by atoms with van der Waals surface area (Å²) in [5, 5.41) is 5.85. The molecule has 0 spiro atoms. The molecule has 0 aliphatic heterocycles. The fourth-order valence-electron chi connectivity index (χ4n) is 1.57. The van der Waals surface area contributed by atoms with Crippen LogP contribution in [0, 0.1) is 0 Å². The molecule has 0 saturated carbocycles. The Morgan fingerprint density at radius 2 is 2.05 bits per heavy atom. The zero-order chi connectivity index (χ0) is 13.7. The van der Waals surface area contributed by atoms with Gasteiger partial charge in [-0.2, -0.15) is 5.10 Å². The molecule has 0 aliphatic carbocycles. The molecule has 2 rings (SSSR count). The Labute approximate surface area is 112 Å². The molecular weight excluding hydrogens is 240 g/mol. The van der Waals surface area contributed by atoms with Gasteiger partial charge in [0.1, 0.15) is 0 Å². The third-order valence-electron chi connectivity index (χ3n) is 2.38. The van der Waals surface area contributed by atoms with Crippen molar-refractivity contribution in [1.82, 2.24) is 20.2 Å². The smallest absolute Gasteiger partial charge is 0.258 e. The maximum Gasteiger partial charge on any atom is 0.258 e. The Morgan fingerprint density at radius 3 is 2.74 bits per heavy atom. The Kier molecular flexibility index (Phi) is 4.10. The largest absolute Gasteiger partial charge is 0.286 e. The van der Waals surface area contributed by atoms with Crippen molar-refractivity contribution >= 4 is 12.0 Å². The van der Waals surface area contributed by atoms with Crippen LogP contribution in [-0.4, -0.2) is 34.8 Å². The summed E-state index contributed by atoms with van der Waals surface area (Å²) < 4.78 is 1.77. The summed E-state index contributed by atoms with van der Waals surface area (Å²) in [7, 11) is 3.53. The highest BCUT2D eigenvalue weighted by atomic mass is 16.2. The van der Waals surface area contributed by atoms with Gasteiger partial charge >= 0.3 is 0 Å². The number of amides is 1. The number of carbonyl (C=O) groups excluding carboxylic acids is 1. The molecule has 1 amide bonds. The quantitative estimate of drug-likeness (QED) is 0.666. The van der Waals surface area contributed by atoms with Crippen LogP contribution in [0.15, 0.2) is 48.8 Å². The zero-order valence-electron chi connectivity index (χ0n) is 10.9. The lowest BCUT2D eigenvalue weighted by atomic mass is 10.3. The molecule has 5 heteroatoms. The first-order valence-electron chi connectivity index (χ1n) is 5.91. The van der Waals surface area contributed by atoms with Gasteiger partial charge in [0.15, 0.2) is 0 Å². The van der Waals surface area contributed by atoms with Crippen molar-refractivity contribution in [3.63, 3.8) is 0 Å². The van der Waals surface area contributed by atoms with Crippen LogP contribution in [0.25, 0.3) is 11.8 Å². The van der Waals surface area contributed by atoms with E-state index in [9.17, 15) is 4.79 Å². The first-order valence-corrected chi connectivity index (χ1v) is 5.91. The second-order valence-corrected chi connectivity index (χ2v) is 4.26. The highest BCUT2D eigenvalue weighted by Gasteiger charge is 1.99. The predicted molar refractivity (Wildman–Crippen MR) is 74.4 cm³/mol. The van der Waals surface area contributed by atoms with Crippen molar-refractivity contribution in [3.8, 4) is 5.69 Å². The number of hydrazine groups is 1. The molecule has 2 aromatic rings. The number of hydrogen-bond acceptors (Lipinski definition) is 3. The number of nitrogens with zero attached hydrogens (tertiary/aromatic N) is 3. The summed E-state index contributed by atoms with van der Waals surface area (Å²) in [4.78, 5) is 11.4. The number of rotatable bonds is 4. The molecule has 1 aromatic carbocycles. The number of carbonyl (C=O) groups is 1. The SMILES string of the molecule is CN(C)NC(=O)/C=C/c1cnn(-c2ccccc2)c1. The fourth-order valence-corrected chi connectivity index (χ4v) is 1.57. The van der Waals surface area contributed by atoms with E-state index in [0.29, 0.717) is 0 Å².